The van der Waals surface area contributed by atoms with Crippen LogP contribution in [0, 0.1) is 5.92 Å². The molecule has 5 heteroatoms. The van der Waals surface area contributed by atoms with E-state index in [2.05, 4.69) is 11.9 Å². The molecule has 2 heterocycles. The summed E-state index contributed by atoms with van der Waals surface area (Å²) in [5.74, 6) is 2.37. The van der Waals surface area contributed by atoms with Gasteiger partial charge in [0, 0.05) is 26.3 Å². The number of ether oxygens (including phenoxy) is 1. The quantitative estimate of drug-likeness (QED) is 0.798. The van der Waals surface area contributed by atoms with E-state index in [-0.39, 0.29) is 5.91 Å². The predicted octanol–water partition coefficient (Wildman–Crippen LogP) is 3.47. The van der Waals surface area contributed by atoms with Gasteiger partial charge in [-0.3, -0.25) is 4.79 Å². The van der Waals surface area contributed by atoms with Gasteiger partial charge in [-0.05, 0) is 43.0 Å². The third kappa shape index (κ3) is 4.75. The third-order valence-electron chi connectivity index (χ3n) is 4.77. The van der Waals surface area contributed by atoms with Gasteiger partial charge in [-0.2, -0.15) is 0 Å². The Balaban J connectivity index is 1.52. The Hall–Kier alpha value is -2.56. The Morgan fingerprint density at radius 3 is 2.77 bits per heavy atom. The van der Waals surface area contributed by atoms with Crippen molar-refractivity contribution in [1.82, 2.24) is 9.88 Å². The van der Waals surface area contributed by atoms with E-state index < -0.39 is 0 Å². The first-order chi connectivity index (χ1) is 12.6. The lowest BCUT2D eigenvalue weighted by atomic mass is 10.00. The summed E-state index contributed by atoms with van der Waals surface area (Å²) in [6.45, 7) is 5.19. The third-order valence-corrected chi connectivity index (χ3v) is 4.77. The number of likely N-dealkylation sites (tertiary alicyclic amines) is 1. The average Bonchev–Trinajstić information content (AvgIpc) is 2.68. The van der Waals surface area contributed by atoms with E-state index in [1.165, 1.54) is 6.42 Å². The second kappa shape index (κ2) is 8.70. The molecule has 0 spiro atoms. The molecule has 3 rings (SSSR count). The zero-order valence-electron chi connectivity index (χ0n) is 15.6. The lowest BCUT2D eigenvalue weighted by molar-refractivity contribution is 0.0682. The number of benzene rings is 1. The number of anilines is 1. The zero-order valence-corrected chi connectivity index (χ0v) is 15.6. The molecule has 0 bridgehead atoms. The molecule has 1 saturated heterocycles. The lowest BCUT2D eigenvalue weighted by Crippen LogP contribution is -2.39. The van der Waals surface area contributed by atoms with Gasteiger partial charge in [-0.25, -0.2) is 4.98 Å². The van der Waals surface area contributed by atoms with E-state index in [0.29, 0.717) is 18.1 Å². The standard InChI is InChI=1S/C21H27N3O2/c1-17-7-6-12-24(16-17)21(25)18-10-11-20(22-15-18)23(2)13-14-26-19-8-4-3-5-9-19/h3-5,8-11,15,17H,6-7,12-14,16H2,1-2H3/t17-/m1/s1. The van der Waals surface area contributed by atoms with Crippen LogP contribution in [0.15, 0.2) is 48.7 Å². The Morgan fingerprint density at radius 2 is 2.08 bits per heavy atom. The Labute approximate surface area is 155 Å². The van der Waals surface area contributed by atoms with E-state index >= 15 is 0 Å². The molecule has 26 heavy (non-hydrogen) atoms. The highest BCUT2D eigenvalue weighted by atomic mass is 16.5. The van der Waals surface area contributed by atoms with Crippen molar-refractivity contribution in [3.63, 3.8) is 0 Å². The Kier molecular flexibility index (Phi) is 6.10. The highest BCUT2D eigenvalue weighted by Gasteiger charge is 2.22. The summed E-state index contributed by atoms with van der Waals surface area (Å²) < 4.78 is 5.72. The molecule has 1 atom stereocenters. The van der Waals surface area contributed by atoms with Crippen LogP contribution >= 0.6 is 0 Å². The van der Waals surface area contributed by atoms with Crippen LogP contribution in [-0.4, -0.2) is 49.1 Å². The molecule has 138 valence electrons. The van der Waals surface area contributed by atoms with Gasteiger partial charge in [0.15, 0.2) is 0 Å². The number of carbonyl (C=O) groups is 1. The molecule has 2 aromatic rings. The highest BCUT2D eigenvalue weighted by molar-refractivity contribution is 5.94. The lowest BCUT2D eigenvalue weighted by Gasteiger charge is -2.31. The first kappa shape index (κ1) is 18.2. The predicted molar refractivity (Wildman–Crippen MR) is 104 cm³/mol. The summed E-state index contributed by atoms with van der Waals surface area (Å²) in [7, 11) is 1.98. The number of nitrogens with zero attached hydrogens (tertiary/aromatic N) is 3. The van der Waals surface area contributed by atoms with Gasteiger partial charge in [0.25, 0.3) is 5.91 Å². The summed E-state index contributed by atoms with van der Waals surface area (Å²) in [6.07, 6.45) is 3.98. The molecule has 0 unspecified atom stereocenters. The summed E-state index contributed by atoms with van der Waals surface area (Å²) in [5.41, 5.74) is 0.664. The Bertz CT molecular complexity index is 703. The van der Waals surface area contributed by atoms with Crippen LogP contribution in [0.5, 0.6) is 5.75 Å². The maximum absolute atomic E-state index is 12.6. The fourth-order valence-corrected chi connectivity index (χ4v) is 3.23. The van der Waals surface area contributed by atoms with Crippen molar-refractivity contribution in [2.24, 2.45) is 5.92 Å². The molecule has 5 nitrogen and oxygen atoms in total. The second-order valence-electron chi connectivity index (χ2n) is 6.99. The molecular formula is C21H27N3O2. The van der Waals surface area contributed by atoms with Crippen LogP contribution in [0.4, 0.5) is 5.82 Å². The molecule has 1 aliphatic rings. The van der Waals surface area contributed by atoms with Crippen LogP contribution in [-0.2, 0) is 0 Å². The van der Waals surface area contributed by atoms with Crippen molar-refractivity contribution in [1.29, 1.82) is 0 Å². The van der Waals surface area contributed by atoms with Crippen LogP contribution < -0.4 is 9.64 Å². The SMILES string of the molecule is C[C@@H]1CCCN(C(=O)c2ccc(N(C)CCOc3ccccc3)nc2)C1. The average molecular weight is 353 g/mol. The summed E-state index contributed by atoms with van der Waals surface area (Å²) in [6, 6.07) is 13.6. The smallest absolute Gasteiger partial charge is 0.255 e. The first-order valence-electron chi connectivity index (χ1n) is 9.28. The van der Waals surface area contributed by atoms with Crippen LogP contribution in [0.3, 0.4) is 0 Å². The van der Waals surface area contributed by atoms with Gasteiger partial charge >= 0.3 is 0 Å². The van der Waals surface area contributed by atoms with Gasteiger partial charge in [-0.15, -0.1) is 0 Å². The fraction of sp³-hybridized carbons (Fsp3) is 0.429. The van der Waals surface area contributed by atoms with E-state index in [4.69, 9.17) is 4.74 Å². The maximum Gasteiger partial charge on any atom is 0.255 e. The van der Waals surface area contributed by atoms with Gasteiger partial charge in [-0.1, -0.05) is 25.1 Å². The summed E-state index contributed by atoms with van der Waals surface area (Å²) in [5, 5.41) is 0. The zero-order chi connectivity index (χ0) is 18.4. The number of para-hydroxylation sites is 1. The number of hydrogen-bond acceptors (Lipinski definition) is 4. The van der Waals surface area contributed by atoms with Crippen molar-refractivity contribution in [3.8, 4) is 5.75 Å². The van der Waals surface area contributed by atoms with E-state index in [9.17, 15) is 4.79 Å². The highest BCUT2D eigenvalue weighted by Crippen LogP contribution is 2.18. The molecule has 1 aromatic carbocycles. The molecule has 0 radical (unpaired) electrons. The van der Waals surface area contributed by atoms with Gasteiger partial charge in [0.1, 0.15) is 18.2 Å². The van der Waals surface area contributed by atoms with Gasteiger partial charge in [0.2, 0.25) is 0 Å². The number of pyridine rings is 1. The van der Waals surface area contributed by atoms with Crippen molar-refractivity contribution >= 4 is 11.7 Å². The molecule has 1 aromatic heterocycles. The molecule has 0 N–H and O–H groups in total. The topological polar surface area (TPSA) is 45.7 Å². The fourth-order valence-electron chi connectivity index (χ4n) is 3.23. The summed E-state index contributed by atoms with van der Waals surface area (Å²) >= 11 is 0. The number of piperidine rings is 1. The van der Waals surface area contributed by atoms with E-state index in [1.54, 1.807) is 6.20 Å². The molecule has 1 fully saturated rings. The number of aromatic nitrogens is 1. The van der Waals surface area contributed by atoms with Gasteiger partial charge in [0.05, 0.1) is 12.1 Å². The van der Waals surface area contributed by atoms with Crippen molar-refractivity contribution in [2.45, 2.75) is 19.8 Å². The minimum Gasteiger partial charge on any atom is -0.492 e. The minimum absolute atomic E-state index is 0.0886. The largest absolute Gasteiger partial charge is 0.492 e. The minimum atomic E-state index is 0.0886. The molecule has 0 aliphatic carbocycles. The monoisotopic (exact) mass is 353 g/mol. The van der Waals surface area contributed by atoms with Crippen LogP contribution in [0.1, 0.15) is 30.1 Å². The number of likely N-dealkylation sites (N-methyl/N-ethyl adjacent to an activating group) is 1. The molecular weight excluding hydrogens is 326 g/mol. The summed E-state index contributed by atoms with van der Waals surface area (Å²) in [4.78, 5) is 21.0. The molecule has 1 aliphatic heterocycles. The van der Waals surface area contributed by atoms with Crippen molar-refractivity contribution in [2.75, 3.05) is 38.2 Å². The van der Waals surface area contributed by atoms with Gasteiger partial charge < -0.3 is 14.5 Å². The Morgan fingerprint density at radius 1 is 1.27 bits per heavy atom. The van der Waals surface area contributed by atoms with Crippen molar-refractivity contribution in [3.05, 3.63) is 54.2 Å². The number of hydrogen-bond donors (Lipinski definition) is 0. The van der Waals surface area contributed by atoms with Crippen molar-refractivity contribution < 1.29 is 9.53 Å². The molecule has 0 saturated carbocycles. The normalized spacial score (nSPS) is 17.0. The first-order valence-corrected chi connectivity index (χ1v) is 9.28. The van der Waals surface area contributed by atoms with Crippen LogP contribution in [0.25, 0.3) is 0 Å². The number of rotatable bonds is 6. The van der Waals surface area contributed by atoms with E-state index in [1.807, 2.05) is 59.3 Å². The second-order valence-corrected chi connectivity index (χ2v) is 6.99. The number of carbonyl (C=O) groups excluding carboxylic acids is 1. The molecule has 1 amide bonds. The van der Waals surface area contributed by atoms with E-state index in [0.717, 1.165) is 37.6 Å². The maximum atomic E-state index is 12.6. The number of amides is 1. The van der Waals surface area contributed by atoms with Crippen LogP contribution in [0.2, 0.25) is 0 Å².